The van der Waals surface area contributed by atoms with Crippen LogP contribution >= 0.6 is 22.7 Å². The third kappa shape index (κ3) is 4.04. The Morgan fingerprint density at radius 2 is 2.24 bits per heavy atom. The molecule has 0 unspecified atom stereocenters. The minimum atomic E-state index is -0.709. The zero-order valence-corrected chi connectivity index (χ0v) is 14.1. The smallest absolute Gasteiger partial charge is 0.317 e. The topological polar surface area (TPSA) is 51.2 Å². The Labute approximate surface area is 133 Å². The Morgan fingerprint density at radius 3 is 2.90 bits per heavy atom. The standard InChI is InChI=1S/C15H20N2O2S2/c1-4-19-13(18)15(2,3)12-10-21-14(17-12)16-7-5-11-6-8-20-9-11/h6,8-10H,4-5,7H2,1-3H3,(H,16,17). The number of aromatic nitrogens is 1. The molecule has 6 heteroatoms. The van der Waals surface area contributed by atoms with Crippen LogP contribution in [0.4, 0.5) is 5.13 Å². The second kappa shape index (κ2) is 7.04. The molecule has 2 aromatic heterocycles. The lowest BCUT2D eigenvalue weighted by Crippen LogP contribution is -2.31. The average Bonchev–Trinajstić information content (AvgIpc) is 3.10. The number of anilines is 1. The highest BCUT2D eigenvalue weighted by molar-refractivity contribution is 7.13. The maximum Gasteiger partial charge on any atom is 0.317 e. The van der Waals surface area contributed by atoms with E-state index in [9.17, 15) is 4.79 Å². The molecule has 0 aromatic carbocycles. The van der Waals surface area contributed by atoms with E-state index >= 15 is 0 Å². The molecule has 1 N–H and O–H groups in total. The second-order valence-corrected chi connectivity index (χ2v) is 6.83. The summed E-state index contributed by atoms with van der Waals surface area (Å²) >= 11 is 3.23. The molecular formula is C15H20N2O2S2. The summed E-state index contributed by atoms with van der Waals surface area (Å²) in [7, 11) is 0. The zero-order chi connectivity index (χ0) is 15.3. The van der Waals surface area contributed by atoms with Gasteiger partial charge in [-0.2, -0.15) is 11.3 Å². The van der Waals surface area contributed by atoms with Crippen LogP contribution in [-0.2, 0) is 21.4 Å². The fourth-order valence-corrected chi connectivity index (χ4v) is 3.42. The van der Waals surface area contributed by atoms with Crippen LogP contribution in [0.3, 0.4) is 0 Å². The molecule has 0 spiro atoms. The van der Waals surface area contributed by atoms with Crippen molar-refractivity contribution in [3.05, 3.63) is 33.5 Å². The van der Waals surface area contributed by atoms with Gasteiger partial charge >= 0.3 is 5.97 Å². The van der Waals surface area contributed by atoms with Gasteiger partial charge in [0, 0.05) is 11.9 Å². The monoisotopic (exact) mass is 324 g/mol. The minimum Gasteiger partial charge on any atom is -0.465 e. The van der Waals surface area contributed by atoms with Gasteiger partial charge in [-0.3, -0.25) is 4.79 Å². The van der Waals surface area contributed by atoms with E-state index in [1.807, 2.05) is 26.2 Å². The summed E-state index contributed by atoms with van der Waals surface area (Å²) in [6, 6.07) is 2.13. The number of hydrogen-bond acceptors (Lipinski definition) is 6. The number of carbonyl (C=O) groups excluding carboxylic acids is 1. The molecule has 2 heterocycles. The number of carbonyl (C=O) groups is 1. The summed E-state index contributed by atoms with van der Waals surface area (Å²) < 4.78 is 5.11. The van der Waals surface area contributed by atoms with Gasteiger partial charge in [0.1, 0.15) is 5.41 Å². The Bertz CT molecular complexity index is 576. The molecule has 21 heavy (non-hydrogen) atoms. The molecule has 0 aliphatic carbocycles. The van der Waals surface area contributed by atoms with Gasteiger partial charge in [0.15, 0.2) is 5.13 Å². The Morgan fingerprint density at radius 1 is 1.43 bits per heavy atom. The van der Waals surface area contributed by atoms with Crippen LogP contribution < -0.4 is 5.32 Å². The molecule has 0 aliphatic rings. The van der Waals surface area contributed by atoms with Crippen molar-refractivity contribution in [3.63, 3.8) is 0 Å². The van der Waals surface area contributed by atoms with Crippen molar-refractivity contribution in [3.8, 4) is 0 Å². The third-order valence-corrected chi connectivity index (χ3v) is 4.73. The third-order valence-electron chi connectivity index (χ3n) is 3.20. The minimum absolute atomic E-state index is 0.236. The number of ether oxygens (including phenoxy) is 1. The van der Waals surface area contributed by atoms with Crippen LogP contribution in [0.15, 0.2) is 22.2 Å². The number of thiophene rings is 1. The number of hydrogen-bond donors (Lipinski definition) is 1. The molecule has 0 atom stereocenters. The van der Waals surface area contributed by atoms with Crippen molar-refractivity contribution in [2.24, 2.45) is 0 Å². The van der Waals surface area contributed by atoms with Crippen LogP contribution in [-0.4, -0.2) is 24.1 Å². The summed E-state index contributed by atoms with van der Waals surface area (Å²) in [5, 5.41) is 10.3. The molecule has 0 aliphatic heterocycles. The zero-order valence-electron chi connectivity index (χ0n) is 12.5. The van der Waals surface area contributed by atoms with E-state index in [2.05, 4.69) is 27.1 Å². The first-order valence-corrected chi connectivity index (χ1v) is 8.74. The van der Waals surface area contributed by atoms with Crippen molar-refractivity contribution in [1.82, 2.24) is 4.98 Å². The molecular weight excluding hydrogens is 304 g/mol. The maximum atomic E-state index is 12.0. The number of nitrogens with zero attached hydrogens (tertiary/aromatic N) is 1. The van der Waals surface area contributed by atoms with E-state index in [4.69, 9.17) is 4.74 Å². The summed E-state index contributed by atoms with van der Waals surface area (Å²) in [5.41, 5.74) is 1.37. The lowest BCUT2D eigenvalue weighted by molar-refractivity contribution is -0.148. The highest BCUT2D eigenvalue weighted by Gasteiger charge is 2.33. The molecule has 0 amide bonds. The predicted molar refractivity (Wildman–Crippen MR) is 88.3 cm³/mol. The van der Waals surface area contributed by atoms with Crippen molar-refractivity contribution in [1.29, 1.82) is 0 Å². The molecule has 4 nitrogen and oxygen atoms in total. The Balaban J connectivity index is 1.92. The highest BCUT2D eigenvalue weighted by Crippen LogP contribution is 2.28. The molecule has 0 saturated heterocycles. The molecule has 0 fully saturated rings. The van der Waals surface area contributed by atoms with Crippen LogP contribution in [0.1, 0.15) is 32.0 Å². The fraction of sp³-hybridized carbons (Fsp3) is 0.467. The largest absolute Gasteiger partial charge is 0.465 e. The summed E-state index contributed by atoms with van der Waals surface area (Å²) in [4.78, 5) is 16.5. The van der Waals surface area contributed by atoms with E-state index in [1.54, 1.807) is 11.3 Å². The first-order chi connectivity index (χ1) is 10.0. The quantitative estimate of drug-likeness (QED) is 0.789. The second-order valence-electron chi connectivity index (χ2n) is 5.19. The molecule has 2 rings (SSSR count). The van der Waals surface area contributed by atoms with E-state index < -0.39 is 5.41 Å². The SMILES string of the molecule is CCOC(=O)C(C)(C)c1csc(NCCc2ccsc2)n1. The van der Waals surface area contributed by atoms with E-state index in [-0.39, 0.29) is 5.97 Å². The van der Waals surface area contributed by atoms with Crippen LogP contribution in [0.25, 0.3) is 0 Å². The van der Waals surface area contributed by atoms with Crippen molar-refractivity contribution < 1.29 is 9.53 Å². The van der Waals surface area contributed by atoms with Gasteiger partial charge < -0.3 is 10.1 Å². The molecule has 114 valence electrons. The summed E-state index contributed by atoms with van der Waals surface area (Å²) in [6.07, 6.45) is 0.972. The van der Waals surface area contributed by atoms with Gasteiger partial charge in [-0.05, 0) is 49.6 Å². The first-order valence-electron chi connectivity index (χ1n) is 6.92. The highest BCUT2D eigenvalue weighted by atomic mass is 32.1. The maximum absolute atomic E-state index is 12.0. The average molecular weight is 324 g/mol. The molecule has 2 aromatic rings. The predicted octanol–water partition coefficient (Wildman–Crippen LogP) is 3.70. The number of rotatable bonds is 7. The van der Waals surface area contributed by atoms with Gasteiger partial charge in [-0.25, -0.2) is 4.98 Å². The van der Waals surface area contributed by atoms with Crippen LogP contribution in [0, 0.1) is 0 Å². The van der Waals surface area contributed by atoms with Crippen LogP contribution in [0.5, 0.6) is 0 Å². The summed E-state index contributed by atoms with van der Waals surface area (Å²) in [6.45, 7) is 6.72. The lowest BCUT2D eigenvalue weighted by atomic mass is 9.90. The normalized spacial score (nSPS) is 11.4. The van der Waals surface area contributed by atoms with E-state index in [0.717, 1.165) is 23.8 Å². The van der Waals surface area contributed by atoms with Crippen molar-refractivity contribution in [2.75, 3.05) is 18.5 Å². The van der Waals surface area contributed by atoms with Gasteiger partial charge in [-0.1, -0.05) is 0 Å². The van der Waals surface area contributed by atoms with E-state index in [1.165, 1.54) is 16.9 Å². The number of esters is 1. The molecule has 0 saturated carbocycles. The van der Waals surface area contributed by atoms with Gasteiger partial charge in [0.25, 0.3) is 0 Å². The Kier molecular flexibility index (Phi) is 5.36. The number of thiazole rings is 1. The van der Waals surface area contributed by atoms with Crippen molar-refractivity contribution in [2.45, 2.75) is 32.6 Å². The van der Waals surface area contributed by atoms with Gasteiger partial charge in [0.05, 0.1) is 12.3 Å². The Hall–Kier alpha value is -1.40. The lowest BCUT2D eigenvalue weighted by Gasteiger charge is -2.19. The first kappa shape index (κ1) is 16.0. The van der Waals surface area contributed by atoms with E-state index in [0.29, 0.717) is 6.61 Å². The van der Waals surface area contributed by atoms with Crippen molar-refractivity contribution >= 4 is 33.8 Å². The fourth-order valence-electron chi connectivity index (χ4n) is 1.81. The van der Waals surface area contributed by atoms with Gasteiger partial charge in [-0.15, -0.1) is 11.3 Å². The van der Waals surface area contributed by atoms with Gasteiger partial charge in [0.2, 0.25) is 0 Å². The molecule has 0 radical (unpaired) electrons. The molecule has 0 bridgehead atoms. The summed E-state index contributed by atoms with van der Waals surface area (Å²) in [5.74, 6) is -0.236. The number of nitrogens with one attached hydrogen (secondary N) is 1. The van der Waals surface area contributed by atoms with Crippen LogP contribution in [0.2, 0.25) is 0 Å².